The van der Waals surface area contributed by atoms with Gasteiger partial charge in [0.1, 0.15) is 11.3 Å². The standard InChI is InChI=1S/C17H19N5O/c23-17(15-13-20-9-3-2-7-16(20)19-15)22-11-4-1-6-14(22)12-21-10-5-8-18-21/h2-3,5,7-10,13-14H,1,4,6,11-12H2/t14-/m0/s1. The second kappa shape index (κ2) is 5.87. The summed E-state index contributed by atoms with van der Waals surface area (Å²) in [5, 5.41) is 4.27. The van der Waals surface area contributed by atoms with Crippen molar-refractivity contribution in [1.82, 2.24) is 24.1 Å². The Labute approximate surface area is 134 Å². The lowest BCUT2D eigenvalue weighted by molar-refractivity contribution is 0.0578. The highest BCUT2D eigenvalue weighted by atomic mass is 16.2. The Hall–Kier alpha value is -2.63. The summed E-state index contributed by atoms with van der Waals surface area (Å²) >= 11 is 0. The zero-order valence-electron chi connectivity index (χ0n) is 12.9. The largest absolute Gasteiger partial charge is 0.332 e. The molecule has 6 nitrogen and oxygen atoms in total. The number of hydrogen-bond donors (Lipinski definition) is 0. The van der Waals surface area contributed by atoms with Crippen LogP contribution in [0.25, 0.3) is 5.65 Å². The highest BCUT2D eigenvalue weighted by molar-refractivity contribution is 5.93. The minimum atomic E-state index is 0.0190. The molecule has 1 atom stereocenters. The molecule has 3 aromatic rings. The van der Waals surface area contributed by atoms with E-state index in [-0.39, 0.29) is 11.9 Å². The minimum Gasteiger partial charge on any atom is -0.332 e. The van der Waals surface area contributed by atoms with Gasteiger partial charge in [-0.3, -0.25) is 9.48 Å². The summed E-state index contributed by atoms with van der Waals surface area (Å²) in [5.41, 5.74) is 1.32. The molecule has 4 rings (SSSR count). The first-order valence-corrected chi connectivity index (χ1v) is 8.03. The second-order valence-electron chi connectivity index (χ2n) is 5.97. The number of hydrogen-bond acceptors (Lipinski definition) is 3. The van der Waals surface area contributed by atoms with Gasteiger partial charge >= 0.3 is 0 Å². The fourth-order valence-electron chi connectivity index (χ4n) is 3.27. The first-order valence-electron chi connectivity index (χ1n) is 8.03. The maximum atomic E-state index is 12.9. The number of rotatable bonds is 3. The average Bonchev–Trinajstić information content (AvgIpc) is 3.23. The van der Waals surface area contributed by atoms with E-state index >= 15 is 0 Å². The van der Waals surface area contributed by atoms with Gasteiger partial charge in [0, 0.05) is 31.3 Å². The van der Waals surface area contributed by atoms with Crippen molar-refractivity contribution in [2.45, 2.75) is 31.8 Å². The lowest BCUT2D eigenvalue weighted by Gasteiger charge is -2.35. The number of carbonyl (C=O) groups excluding carboxylic acids is 1. The van der Waals surface area contributed by atoms with E-state index in [2.05, 4.69) is 10.1 Å². The van der Waals surface area contributed by atoms with Crippen LogP contribution in [-0.2, 0) is 6.54 Å². The fraction of sp³-hybridized carbons (Fsp3) is 0.353. The number of piperidine rings is 1. The molecule has 0 aromatic carbocycles. The number of pyridine rings is 1. The van der Waals surface area contributed by atoms with E-state index in [9.17, 15) is 4.79 Å². The number of carbonyl (C=O) groups is 1. The predicted molar refractivity (Wildman–Crippen MR) is 86.1 cm³/mol. The summed E-state index contributed by atoms with van der Waals surface area (Å²) in [6.07, 6.45) is 10.7. The minimum absolute atomic E-state index is 0.0190. The Balaban J connectivity index is 1.59. The van der Waals surface area contributed by atoms with Gasteiger partial charge in [-0.1, -0.05) is 6.07 Å². The third-order valence-corrected chi connectivity index (χ3v) is 4.43. The fourth-order valence-corrected chi connectivity index (χ4v) is 3.27. The number of fused-ring (bicyclic) bond motifs is 1. The number of aromatic nitrogens is 4. The number of amides is 1. The van der Waals surface area contributed by atoms with Gasteiger partial charge < -0.3 is 9.30 Å². The SMILES string of the molecule is O=C(c1cn2ccccc2n1)N1CCCC[C@H]1Cn1cccn1. The normalized spacial score (nSPS) is 18.4. The van der Waals surface area contributed by atoms with E-state index in [0.717, 1.165) is 38.0 Å². The van der Waals surface area contributed by atoms with Crippen molar-refractivity contribution in [3.05, 3.63) is 54.7 Å². The van der Waals surface area contributed by atoms with Gasteiger partial charge in [-0.15, -0.1) is 0 Å². The van der Waals surface area contributed by atoms with Crippen molar-refractivity contribution in [2.24, 2.45) is 0 Å². The molecule has 23 heavy (non-hydrogen) atoms. The van der Waals surface area contributed by atoms with E-state index in [0.29, 0.717) is 5.69 Å². The van der Waals surface area contributed by atoms with Gasteiger partial charge in [0.25, 0.3) is 5.91 Å². The zero-order chi connectivity index (χ0) is 15.6. The van der Waals surface area contributed by atoms with Crippen molar-refractivity contribution in [1.29, 1.82) is 0 Å². The van der Waals surface area contributed by atoms with E-state index in [1.165, 1.54) is 0 Å². The van der Waals surface area contributed by atoms with E-state index < -0.39 is 0 Å². The lowest BCUT2D eigenvalue weighted by atomic mass is 10.0. The van der Waals surface area contributed by atoms with Crippen LogP contribution in [0.1, 0.15) is 29.8 Å². The molecular weight excluding hydrogens is 290 g/mol. The third-order valence-electron chi connectivity index (χ3n) is 4.43. The Kier molecular flexibility index (Phi) is 3.57. The second-order valence-corrected chi connectivity index (χ2v) is 5.97. The number of nitrogens with zero attached hydrogens (tertiary/aromatic N) is 5. The maximum Gasteiger partial charge on any atom is 0.274 e. The van der Waals surface area contributed by atoms with Crippen LogP contribution in [0, 0.1) is 0 Å². The lowest BCUT2D eigenvalue weighted by Crippen LogP contribution is -2.46. The molecule has 6 heteroatoms. The molecule has 0 spiro atoms. The summed E-state index contributed by atoms with van der Waals surface area (Å²) in [4.78, 5) is 19.4. The molecular formula is C17H19N5O. The molecule has 1 amide bonds. The molecule has 1 aliphatic rings. The van der Waals surface area contributed by atoms with Gasteiger partial charge in [-0.2, -0.15) is 5.10 Å². The summed E-state index contributed by atoms with van der Waals surface area (Å²) in [6.45, 7) is 1.53. The van der Waals surface area contributed by atoms with Crippen LogP contribution in [0.5, 0.6) is 0 Å². The average molecular weight is 309 g/mol. The Bertz CT molecular complexity index is 774. The monoisotopic (exact) mass is 309 g/mol. The quantitative estimate of drug-likeness (QED) is 0.745. The van der Waals surface area contributed by atoms with Crippen LogP contribution in [0.15, 0.2) is 49.1 Å². The molecule has 0 bridgehead atoms. The zero-order valence-corrected chi connectivity index (χ0v) is 12.9. The smallest absolute Gasteiger partial charge is 0.274 e. The van der Waals surface area contributed by atoms with E-state index in [1.54, 1.807) is 6.20 Å². The molecule has 1 aliphatic heterocycles. The Morgan fingerprint density at radius 3 is 3.00 bits per heavy atom. The van der Waals surface area contributed by atoms with Crippen molar-refractivity contribution in [2.75, 3.05) is 6.54 Å². The molecule has 0 unspecified atom stereocenters. The molecule has 0 N–H and O–H groups in total. The van der Waals surface area contributed by atoms with Gasteiger partial charge in [-0.05, 0) is 37.5 Å². The van der Waals surface area contributed by atoms with Gasteiger partial charge in [0.05, 0.1) is 12.6 Å². The maximum absolute atomic E-state index is 12.9. The number of imidazole rings is 1. The predicted octanol–water partition coefficient (Wildman–Crippen LogP) is 2.23. The van der Waals surface area contributed by atoms with Crippen LogP contribution in [0.3, 0.4) is 0 Å². The third kappa shape index (κ3) is 2.72. The first kappa shape index (κ1) is 14.0. The molecule has 0 saturated carbocycles. The van der Waals surface area contributed by atoms with Crippen LogP contribution < -0.4 is 0 Å². The van der Waals surface area contributed by atoms with Crippen molar-refractivity contribution >= 4 is 11.6 Å². The summed E-state index contributed by atoms with van der Waals surface area (Å²) in [7, 11) is 0. The van der Waals surface area contributed by atoms with Crippen molar-refractivity contribution in [3.63, 3.8) is 0 Å². The Morgan fingerprint density at radius 2 is 2.17 bits per heavy atom. The first-order chi connectivity index (χ1) is 11.3. The molecule has 4 heterocycles. The van der Waals surface area contributed by atoms with Gasteiger partial charge in [-0.25, -0.2) is 4.98 Å². The van der Waals surface area contributed by atoms with Gasteiger partial charge in [0.2, 0.25) is 0 Å². The van der Waals surface area contributed by atoms with E-state index in [1.807, 2.05) is 56.8 Å². The Morgan fingerprint density at radius 1 is 1.22 bits per heavy atom. The summed E-state index contributed by atoms with van der Waals surface area (Å²) < 4.78 is 3.79. The molecule has 118 valence electrons. The summed E-state index contributed by atoms with van der Waals surface area (Å²) in [6, 6.07) is 7.87. The molecule has 1 fully saturated rings. The van der Waals surface area contributed by atoms with Crippen molar-refractivity contribution < 1.29 is 4.79 Å². The van der Waals surface area contributed by atoms with Crippen LogP contribution >= 0.6 is 0 Å². The van der Waals surface area contributed by atoms with Crippen molar-refractivity contribution in [3.8, 4) is 0 Å². The molecule has 1 saturated heterocycles. The molecule has 0 aliphatic carbocycles. The topological polar surface area (TPSA) is 55.4 Å². The highest BCUT2D eigenvalue weighted by Gasteiger charge is 2.29. The number of likely N-dealkylation sites (tertiary alicyclic amines) is 1. The molecule has 0 radical (unpaired) electrons. The van der Waals surface area contributed by atoms with Crippen LogP contribution in [0.4, 0.5) is 0 Å². The molecule has 3 aromatic heterocycles. The van der Waals surface area contributed by atoms with Crippen LogP contribution in [-0.4, -0.2) is 42.6 Å². The van der Waals surface area contributed by atoms with Gasteiger partial charge in [0.15, 0.2) is 0 Å². The summed E-state index contributed by atoms with van der Waals surface area (Å²) in [5.74, 6) is 0.0190. The highest BCUT2D eigenvalue weighted by Crippen LogP contribution is 2.21. The van der Waals surface area contributed by atoms with Crippen LogP contribution in [0.2, 0.25) is 0 Å². The van der Waals surface area contributed by atoms with E-state index in [4.69, 9.17) is 0 Å².